The number of nitrogens with zero attached hydrogens (tertiary/aromatic N) is 2. The van der Waals surface area contributed by atoms with Gasteiger partial charge in [-0.05, 0) is 35.6 Å². The number of rotatable bonds is 6. The fourth-order valence-corrected chi connectivity index (χ4v) is 3.49. The fraction of sp³-hybridized carbons (Fsp3) is 0.273. The van der Waals surface area contributed by atoms with Gasteiger partial charge in [-0.2, -0.15) is 0 Å². The quantitative estimate of drug-likeness (QED) is 0.407. The van der Waals surface area contributed by atoms with Crippen molar-refractivity contribution in [1.29, 1.82) is 0 Å². The average molecular weight is 424 g/mol. The zero-order chi connectivity index (χ0) is 22.1. The lowest BCUT2D eigenvalue weighted by atomic mass is 10.0. The third-order valence-electron chi connectivity index (χ3n) is 4.87. The topological polar surface area (TPSA) is 123 Å². The van der Waals surface area contributed by atoms with E-state index in [2.05, 4.69) is 44.6 Å². The predicted octanol–water partition coefficient (Wildman–Crippen LogP) is 1.50. The number of nitrogens with one attached hydrogen (secondary N) is 2. The van der Waals surface area contributed by atoms with Crippen molar-refractivity contribution in [1.82, 2.24) is 20.2 Å². The Labute approximate surface area is 179 Å². The van der Waals surface area contributed by atoms with Gasteiger partial charge in [0.15, 0.2) is 6.10 Å². The molecule has 1 aliphatic rings. The summed E-state index contributed by atoms with van der Waals surface area (Å²) in [4.78, 5) is 36.8. The minimum Gasteiger partial charge on any atom is -0.483 e. The number of carbonyl (C=O) groups is 3. The molecule has 0 bridgehead atoms. The molecule has 0 saturated carbocycles. The van der Waals surface area contributed by atoms with Gasteiger partial charge in [0.2, 0.25) is 5.91 Å². The van der Waals surface area contributed by atoms with E-state index in [1.807, 2.05) is 18.2 Å². The van der Waals surface area contributed by atoms with Crippen LogP contribution >= 0.6 is 0 Å². The molecular weight excluding hydrogens is 400 g/mol. The molecule has 1 aromatic carbocycles. The van der Waals surface area contributed by atoms with E-state index >= 15 is 0 Å². The number of carboxylic acid groups (broad SMARTS) is 1. The van der Waals surface area contributed by atoms with Gasteiger partial charge < -0.3 is 25.0 Å². The smallest absolute Gasteiger partial charge is 0.290 e. The van der Waals surface area contributed by atoms with Crippen LogP contribution in [-0.4, -0.2) is 52.2 Å². The monoisotopic (exact) mass is 424 g/mol. The first-order valence-corrected chi connectivity index (χ1v) is 9.84. The Morgan fingerprint density at radius 3 is 2.87 bits per heavy atom. The van der Waals surface area contributed by atoms with Gasteiger partial charge in [-0.15, -0.1) is 0 Å². The lowest BCUT2D eigenvalue weighted by Gasteiger charge is -2.31. The highest BCUT2D eigenvalue weighted by Gasteiger charge is 2.35. The Morgan fingerprint density at radius 1 is 1.29 bits per heavy atom. The number of aryl methyl sites for hydroxylation is 1. The van der Waals surface area contributed by atoms with Crippen LogP contribution in [0.15, 0.2) is 61.1 Å². The van der Waals surface area contributed by atoms with Crippen LogP contribution in [0.3, 0.4) is 0 Å². The van der Waals surface area contributed by atoms with Gasteiger partial charge in [0, 0.05) is 37.2 Å². The van der Waals surface area contributed by atoms with Crippen LogP contribution in [0, 0.1) is 0 Å². The van der Waals surface area contributed by atoms with E-state index in [1.165, 1.54) is 10.9 Å². The number of ether oxygens (including phenoxy) is 1. The summed E-state index contributed by atoms with van der Waals surface area (Å²) in [7, 11) is 0. The molecule has 2 aromatic heterocycles. The summed E-state index contributed by atoms with van der Waals surface area (Å²) < 4.78 is 7.70. The Bertz CT molecular complexity index is 1020. The highest BCUT2D eigenvalue weighted by molar-refractivity contribution is 5.86. The SMILES string of the molecule is O=C1CO[C@H](C(=O)NCCCn2ccc3ccccc32)[C@@H](c2cccnc2)N1.O=CO. The lowest BCUT2D eigenvalue weighted by molar-refractivity contribution is -0.148. The summed E-state index contributed by atoms with van der Waals surface area (Å²) in [6.07, 6.45) is 5.37. The molecule has 162 valence electrons. The standard InChI is InChI=1S/C21H22N4O3.CH2O2/c26-18-14-28-20(19(24-18)16-6-3-9-22-13-16)21(27)23-10-4-11-25-12-8-15-5-1-2-7-17(15)25;2-1-3/h1-3,5-9,12-13,19-20H,4,10-11,14H2,(H,23,27)(H,24,26);1H,(H,2,3)/t19-,20+;/m1./s1. The van der Waals surface area contributed by atoms with Crippen LogP contribution in [-0.2, 0) is 25.7 Å². The normalized spacial score (nSPS) is 17.9. The first-order chi connectivity index (χ1) is 15.1. The molecule has 2 amide bonds. The third kappa shape index (κ3) is 5.67. The highest BCUT2D eigenvalue weighted by Crippen LogP contribution is 2.22. The number of pyridine rings is 1. The lowest BCUT2D eigenvalue weighted by Crippen LogP contribution is -2.52. The zero-order valence-electron chi connectivity index (χ0n) is 16.8. The van der Waals surface area contributed by atoms with Crippen LogP contribution in [0.1, 0.15) is 18.0 Å². The predicted molar refractivity (Wildman–Crippen MR) is 113 cm³/mol. The Balaban J connectivity index is 0.000000858. The summed E-state index contributed by atoms with van der Waals surface area (Å²) >= 11 is 0. The maximum absolute atomic E-state index is 12.6. The zero-order valence-corrected chi connectivity index (χ0v) is 16.8. The van der Waals surface area contributed by atoms with Crippen molar-refractivity contribution in [2.75, 3.05) is 13.2 Å². The maximum Gasteiger partial charge on any atom is 0.290 e. The number of hydrogen-bond donors (Lipinski definition) is 3. The third-order valence-corrected chi connectivity index (χ3v) is 4.87. The maximum atomic E-state index is 12.6. The van der Waals surface area contributed by atoms with E-state index in [0.717, 1.165) is 18.5 Å². The molecule has 2 atom stereocenters. The number of hydrogen-bond acceptors (Lipinski definition) is 5. The number of benzene rings is 1. The van der Waals surface area contributed by atoms with Gasteiger partial charge in [0.1, 0.15) is 6.61 Å². The van der Waals surface area contributed by atoms with Crippen LogP contribution in [0.5, 0.6) is 0 Å². The Morgan fingerprint density at radius 2 is 2.10 bits per heavy atom. The minimum atomic E-state index is -0.769. The summed E-state index contributed by atoms with van der Waals surface area (Å²) in [5.41, 5.74) is 1.93. The van der Waals surface area contributed by atoms with Crippen molar-refractivity contribution < 1.29 is 24.2 Å². The molecule has 0 aliphatic carbocycles. The van der Waals surface area contributed by atoms with E-state index in [1.54, 1.807) is 18.5 Å². The van der Waals surface area contributed by atoms with Gasteiger partial charge in [-0.25, -0.2) is 0 Å². The number of para-hydroxylation sites is 1. The van der Waals surface area contributed by atoms with E-state index < -0.39 is 12.1 Å². The number of aromatic nitrogens is 2. The van der Waals surface area contributed by atoms with Crippen LogP contribution in [0.4, 0.5) is 0 Å². The molecule has 0 unspecified atom stereocenters. The molecule has 3 heterocycles. The Hall–Kier alpha value is -3.72. The molecule has 1 saturated heterocycles. The van der Waals surface area contributed by atoms with Gasteiger partial charge in [-0.1, -0.05) is 24.3 Å². The molecule has 9 heteroatoms. The van der Waals surface area contributed by atoms with Crippen molar-refractivity contribution in [3.05, 3.63) is 66.6 Å². The molecule has 4 rings (SSSR count). The van der Waals surface area contributed by atoms with Crippen LogP contribution in [0.25, 0.3) is 10.9 Å². The molecule has 3 aromatic rings. The van der Waals surface area contributed by atoms with Gasteiger partial charge in [0.25, 0.3) is 12.4 Å². The minimum absolute atomic E-state index is 0.121. The second-order valence-electron chi connectivity index (χ2n) is 6.88. The number of morpholine rings is 1. The van der Waals surface area contributed by atoms with E-state index in [0.29, 0.717) is 6.54 Å². The Kier molecular flexibility index (Phi) is 7.72. The van der Waals surface area contributed by atoms with Crippen molar-refractivity contribution in [3.63, 3.8) is 0 Å². The highest BCUT2D eigenvalue weighted by atomic mass is 16.5. The van der Waals surface area contributed by atoms with Crippen molar-refractivity contribution >= 4 is 29.2 Å². The number of fused-ring (bicyclic) bond motifs is 1. The molecule has 1 fully saturated rings. The summed E-state index contributed by atoms with van der Waals surface area (Å²) in [6.45, 7) is 0.963. The van der Waals surface area contributed by atoms with Crippen LogP contribution in [0.2, 0.25) is 0 Å². The summed E-state index contributed by atoms with van der Waals surface area (Å²) in [5.74, 6) is -0.469. The largest absolute Gasteiger partial charge is 0.483 e. The van der Waals surface area contributed by atoms with E-state index in [9.17, 15) is 9.59 Å². The first-order valence-electron chi connectivity index (χ1n) is 9.84. The van der Waals surface area contributed by atoms with Gasteiger partial charge >= 0.3 is 0 Å². The molecule has 9 nitrogen and oxygen atoms in total. The van der Waals surface area contributed by atoms with Crippen LogP contribution < -0.4 is 10.6 Å². The second-order valence-corrected chi connectivity index (χ2v) is 6.88. The number of amides is 2. The molecular formula is C22H24N4O5. The summed E-state index contributed by atoms with van der Waals surface area (Å²) in [5, 5.41) is 13.9. The van der Waals surface area contributed by atoms with E-state index in [-0.39, 0.29) is 24.9 Å². The van der Waals surface area contributed by atoms with Gasteiger partial charge in [-0.3, -0.25) is 19.4 Å². The van der Waals surface area contributed by atoms with Gasteiger partial charge in [0.05, 0.1) is 6.04 Å². The molecule has 0 spiro atoms. The van der Waals surface area contributed by atoms with E-state index in [4.69, 9.17) is 14.6 Å². The summed E-state index contributed by atoms with van der Waals surface area (Å²) in [6, 6.07) is 13.4. The molecule has 1 aliphatic heterocycles. The van der Waals surface area contributed by atoms with Crippen molar-refractivity contribution in [2.45, 2.75) is 25.1 Å². The average Bonchev–Trinajstić information content (AvgIpc) is 3.21. The molecule has 3 N–H and O–H groups in total. The van der Waals surface area contributed by atoms with Crippen molar-refractivity contribution in [2.24, 2.45) is 0 Å². The fourth-order valence-electron chi connectivity index (χ4n) is 3.49. The second kappa shape index (κ2) is 10.9. The first kappa shape index (κ1) is 22.0. The molecule has 0 radical (unpaired) electrons. The van der Waals surface area contributed by atoms with Crippen molar-refractivity contribution in [3.8, 4) is 0 Å². The number of carbonyl (C=O) groups excluding carboxylic acids is 2. The molecule has 31 heavy (non-hydrogen) atoms.